The van der Waals surface area contributed by atoms with Crippen molar-refractivity contribution in [1.29, 1.82) is 0 Å². The number of nitrogens with zero attached hydrogens (tertiary/aromatic N) is 1. The number of hydrogen-bond donors (Lipinski definition) is 2. The molecule has 0 atom stereocenters. The van der Waals surface area contributed by atoms with Crippen molar-refractivity contribution < 1.29 is 14.7 Å². The molecular weight excluding hydrogens is 388 g/mol. The molecule has 0 saturated heterocycles. The van der Waals surface area contributed by atoms with Crippen molar-refractivity contribution in [3.8, 4) is 0 Å². The number of carboxylic acid groups (broad SMARTS) is 1. The van der Waals surface area contributed by atoms with Crippen LogP contribution in [0.1, 0.15) is 125 Å². The summed E-state index contributed by atoms with van der Waals surface area (Å²) >= 11 is 0. The van der Waals surface area contributed by atoms with E-state index in [9.17, 15) is 9.59 Å². The Labute approximate surface area is 194 Å². The van der Waals surface area contributed by atoms with E-state index in [0.717, 1.165) is 0 Å². The van der Waals surface area contributed by atoms with E-state index in [0.29, 0.717) is 0 Å². The second-order valence-corrected chi connectivity index (χ2v) is 14.4. The Morgan fingerprint density at radius 2 is 0.774 bits per heavy atom. The summed E-state index contributed by atoms with van der Waals surface area (Å²) in [5.74, 6) is -0.546. The highest BCUT2D eigenvalue weighted by Gasteiger charge is 2.40. The van der Waals surface area contributed by atoms with Crippen LogP contribution in [0.4, 0.5) is 0 Å². The first-order valence-electron chi connectivity index (χ1n) is 11.3. The summed E-state index contributed by atoms with van der Waals surface area (Å²) in [6, 6.07) is 0. The van der Waals surface area contributed by atoms with E-state index >= 15 is 0 Å². The number of rotatable bonds is 0. The third-order valence-corrected chi connectivity index (χ3v) is 3.58. The van der Waals surface area contributed by atoms with Crippen LogP contribution in [-0.2, 0) is 9.59 Å². The van der Waals surface area contributed by atoms with Crippen LogP contribution >= 0.6 is 0 Å². The van der Waals surface area contributed by atoms with Crippen molar-refractivity contribution in [2.45, 2.75) is 147 Å². The zero-order valence-electron chi connectivity index (χ0n) is 24.2. The molecule has 0 heterocycles. The summed E-state index contributed by atoms with van der Waals surface area (Å²) in [4.78, 5) is 24.4. The fraction of sp³-hybridized carbons (Fsp3) is 0.923. The molecule has 0 radical (unpaired) electrons. The van der Waals surface area contributed by atoms with Gasteiger partial charge in [0.15, 0.2) is 0 Å². The maximum absolute atomic E-state index is 12.4. The molecule has 188 valence electrons. The van der Waals surface area contributed by atoms with Crippen LogP contribution in [0, 0.1) is 10.8 Å². The predicted octanol–water partition coefficient (Wildman–Crippen LogP) is 6.75. The average molecular weight is 445 g/mol. The van der Waals surface area contributed by atoms with Crippen molar-refractivity contribution in [2.75, 3.05) is 0 Å². The molecule has 0 aromatic carbocycles. The monoisotopic (exact) mass is 444 g/mol. The van der Waals surface area contributed by atoms with Crippen LogP contribution in [0.5, 0.6) is 0 Å². The first kappa shape index (κ1) is 34.5. The van der Waals surface area contributed by atoms with Gasteiger partial charge in [0, 0.05) is 27.6 Å². The summed E-state index contributed by atoms with van der Waals surface area (Å²) in [7, 11) is 0. The molecule has 31 heavy (non-hydrogen) atoms. The topological polar surface area (TPSA) is 69.6 Å². The second-order valence-electron chi connectivity index (χ2n) is 14.4. The number of carboxylic acids is 1. The minimum absolute atomic E-state index is 0.136. The molecule has 0 saturated carbocycles. The van der Waals surface area contributed by atoms with Crippen LogP contribution in [0.15, 0.2) is 0 Å². The van der Waals surface area contributed by atoms with Crippen LogP contribution in [-0.4, -0.2) is 44.0 Å². The Hall–Kier alpha value is -1.10. The van der Waals surface area contributed by atoms with Crippen molar-refractivity contribution in [3.63, 3.8) is 0 Å². The number of nitrogens with one attached hydrogen (secondary N) is 1. The minimum atomic E-state index is -0.757. The fourth-order valence-corrected chi connectivity index (χ4v) is 3.08. The molecule has 0 fully saturated rings. The highest BCUT2D eigenvalue weighted by atomic mass is 16.4. The summed E-state index contributed by atoms with van der Waals surface area (Å²) in [5, 5.41) is 11.7. The maximum atomic E-state index is 12.4. The standard InChI is InChI=1S/C13H27NO.C8H19N.C5H10O2/c1-11(2,3)10(15)14(12(4,5)6)13(7,8)9;1-7(2,3)9-8(4,5)6;1-5(2,3)4(6)7/h1-9H3;9H,1-6H3;1-3H3,(H,6,7). The van der Waals surface area contributed by atoms with E-state index in [1.165, 1.54) is 0 Å². The van der Waals surface area contributed by atoms with Crippen LogP contribution in [0.25, 0.3) is 0 Å². The van der Waals surface area contributed by atoms with Crippen LogP contribution < -0.4 is 5.32 Å². The molecule has 0 unspecified atom stereocenters. The zero-order valence-corrected chi connectivity index (χ0v) is 24.2. The number of carbonyl (C=O) groups is 2. The van der Waals surface area contributed by atoms with Gasteiger partial charge in [-0.3, -0.25) is 9.59 Å². The van der Waals surface area contributed by atoms with E-state index in [2.05, 4.69) is 88.4 Å². The quantitative estimate of drug-likeness (QED) is 0.433. The maximum Gasteiger partial charge on any atom is 0.308 e. The lowest BCUT2D eigenvalue weighted by Gasteiger charge is -2.48. The molecule has 0 aliphatic heterocycles. The van der Waals surface area contributed by atoms with Gasteiger partial charge in [0.2, 0.25) is 5.91 Å². The van der Waals surface area contributed by atoms with Crippen LogP contribution in [0.2, 0.25) is 0 Å². The molecule has 0 rings (SSSR count). The molecule has 2 N–H and O–H groups in total. The smallest absolute Gasteiger partial charge is 0.308 e. The van der Waals surface area contributed by atoms with E-state index in [4.69, 9.17) is 5.11 Å². The molecule has 0 aromatic heterocycles. The van der Waals surface area contributed by atoms with Gasteiger partial charge in [-0.15, -0.1) is 0 Å². The molecule has 0 aliphatic carbocycles. The number of amides is 1. The Balaban J connectivity index is -0.000000417. The van der Waals surface area contributed by atoms with Crippen LogP contribution in [0.3, 0.4) is 0 Å². The van der Waals surface area contributed by atoms with Gasteiger partial charge in [-0.2, -0.15) is 0 Å². The normalized spacial score (nSPS) is 13.4. The Kier molecular flexibility index (Phi) is 12.4. The van der Waals surface area contributed by atoms with E-state index < -0.39 is 11.4 Å². The Bertz CT molecular complexity index is 526. The lowest BCUT2D eigenvalue weighted by Crippen LogP contribution is -2.58. The third kappa shape index (κ3) is 19.3. The number of hydrogen-bond acceptors (Lipinski definition) is 3. The van der Waals surface area contributed by atoms with Gasteiger partial charge in [0.25, 0.3) is 0 Å². The minimum Gasteiger partial charge on any atom is -0.481 e. The summed E-state index contributed by atoms with van der Waals surface area (Å²) in [6.07, 6.45) is 0. The highest BCUT2D eigenvalue weighted by molar-refractivity contribution is 5.82. The average Bonchev–Trinajstić information content (AvgIpc) is 2.28. The Morgan fingerprint density at radius 1 is 0.548 bits per heavy atom. The molecular formula is C26H56N2O3. The first-order chi connectivity index (χ1) is 12.9. The van der Waals surface area contributed by atoms with Crippen molar-refractivity contribution in [1.82, 2.24) is 10.2 Å². The van der Waals surface area contributed by atoms with Crippen molar-refractivity contribution in [3.05, 3.63) is 0 Å². The summed E-state index contributed by atoms with van der Waals surface area (Å²) in [6.45, 7) is 36.5. The van der Waals surface area contributed by atoms with Gasteiger partial charge in [-0.1, -0.05) is 20.8 Å². The predicted molar refractivity (Wildman–Crippen MR) is 136 cm³/mol. The van der Waals surface area contributed by atoms with E-state index in [1.807, 2.05) is 25.7 Å². The molecule has 0 aromatic rings. The molecule has 0 bridgehead atoms. The number of carbonyl (C=O) groups excluding carboxylic acids is 1. The summed E-state index contributed by atoms with van der Waals surface area (Å²) < 4.78 is 0. The largest absolute Gasteiger partial charge is 0.481 e. The van der Waals surface area contributed by atoms with Gasteiger partial charge in [0.1, 0.15) is 0 Å². The zero-order chi connectivity index (χ0) is 26.4. The van der Waals surface area contributed by atoms with Gasteiger partial charge in [-0.25, -0.2) is 0 Å². The van der Waals surface area contributed by atoms with Gasteiger partial charge < -0.3 is 15.3 Å². The van der Waals surface area contributed by atoms with Gasteiger partial charge in [-0.05, 0) is 104 Å². The number of aliphatic carboxylic acids is 1. The molecule has 0 aliphatic rings. The SMILES string of the molecule is CC(C)(C)C(=O)N(C(C)(C)C)C(C)(C)C.CC(C)(C)C(=O)O.CC(C)(C)NC(C)(C)C. The molecule has 1 amide bonds. The van der Waals surface area contributed by atoms with Crippen molar-refractivity contribution in [2.24, 2.45) is 10.8 Å². The fourth-order valence-electron chi connectivity index (χ4n) is 3.08. The molecule has 5 heteroatoms. The molecule has 5 nitrogen and oxygen atoms in total. The first-order valence-corrected chi connectivity index (χ1v) is 11.3. The summed E-state index contributed by atoms with van der Waals surface area (Å²) in [5.41, 5.74) is -0.706. The highest BCUT2D eigenvalue weighted by Crippen LogP contribution is 2.30. The Morgan fingerprint density at radius 3 is 0.806 bits per heavy atom. The van der Waals surface area contributed by atoms with Crippen molar-refractivity contribution >= 4 is 11.9 Å². The third-order valence-electron chi connectivity index (χ3n) is 3.58. The molecule has 0 spiro atoms. The van der Waals surface area contributed by atoms with E-state index in [1.54, 1.807) is 20.8 Å². The van der Waals surface area contributed by atoms with E-state index in [-0.39, 0.29) is 33.5 Å². The van der Waals surface area contributed by atoms with Gasteiger partial charge >= 0.3 is 5.97 Å². The lowest BCUT2D eigenvalue weighted by molar-refractivity contribution is -0.151. The second kappa shape index (κ2) is 11.2. The lowest BCUT2D eigenvalue weighted by atomic mass is 9.87. The van der Waals surface area contributed by atoms with Gasteiger partial charge in [0.05, 0.1) is 5.41 Å².